The second kappa shape index (κ2) is 7.07. The van der Waals surface area contributed by atoms with Crippen molar-refractivity contribution in [3.05, 3.63) is 11.6 Å². The largest absolute Gasteiger partial charge is 0.324 e. The molecule has 3 heteroatoms. The smallest absolute Gasteiger partial charge is 0.0351 e. The van der Waals surface area contributed by atoms with Crippen molar-refractivity contribution in [2.45, 2.75) is 26.3 Å². The SMILES string of the molecule is CCC=C(C)C(N)CSSC. The Balaban J connectivity index is 3.63. The number of rotatable bonds is 5. The van der Waals surface area contributed by atoms with E-state index in [4.69, 9.17) is 5.73 Å². The van der Waals surface area contributed by atoms with Crippen LogP contribution in [0.5, 0.6) is 0 Å². The standard InChI is InChI=1S/C8H17NS2/c1-4-5-7(2)8(9)6-11-10-3/h5,8H,4,6,9H2,1-3H3. The first kappa shape index (κ1) is 11.4. The molecule has 0 spiro atoms. The van der Waals surface area contributed by atoms with Crippen molar-refractivity contribution >= 4 is 21.6 Å². The lowest BCUT2D eigenvalue weighted by molar-refractivity contribution is 0.866. The van der Waals surface area contributed by atoms with Gasteiger partial charge in [-0.15, -0.1) is 0 Å². The Hall–Kier alpha value is 0.400. The van der Waals surface area contributed by atoms with E-state index in [0.29, 0.717) is 0 Å². The second-order valence-corrected chi connectivity index (χ2v) is 5.02. The van der Waals surface area contributed by atoms with Gasteiger partial charge in [-0.1, -0.05) is 40.2 Å². The van der Waals surface area contributed by atoms with Crippen molar-refractivity contribution in [3.63, 3.8) is 0 Å². The van der Waals surface area contributed by atoms with E-state index in [1.807, 2.05) is 10.8 Å². The van der Waals surface area contributed by atoms with Gasteiger partial charge in [0.25, 0.3) is 0 Å². The van der Waals surface area contributed by atoms with Crippen LogP contribution >= 0.6 is 21.6 Å². The van der Waals surface area contributed by atoms with E-state index in [2.05, 4.69) is 26.2 Å². The summed E-state index contributed by atoms with van der Waals surface area (Å²) < 4.78 is 0. The molecule has 0 aromatic rings. The Morgan fingerprint density at radius 1 is 1.64 bits per heavy atom. The summed E-state index contributed by atoms with van der Waals surface area (Å²) in [5.74, 6) is 1.02. The molecule has 0 saturated heterocycles. The fourth-order valence-electron chi connectivity index (χ4n) is 0.746. The number of nitrogens with two attached hydrogens (primary N) is 1. The first-order valence-corrected chi connectivity index (χ1v) is 6.53. The van der Waals surface area contributed by atoms with Crippen molar-refractivity contribution in [2.75, 3.05) is 12.0 Å². The minimum atomic E-state index is 0.243. The lowest BCUT2D eigenvalue weighted by atomic mass is 10.1. The fourth-order valence-corrected chi connectivity index (χ4v) is 2.14. The monoisotopic (exact) mass is 191 g/mol. The lowest BCUT2D eigenvalue weighted by Crippen LogP contribution is -2.23. The Bertz CT molecular complexity index is 123. The number of hydrogen-bond acceptors (Lipinski definition) is 3. The van der Waals surface area contributed by atoms with Crippen LogP contribution in [0.1, 0.15) is 20.3 Å². The molecule has 0 aromatic carbocycles. The molecule has 0 radical (unpaired) electrons. The molecular formula is C8H17NS2. The summed E-state index contributed by atoms with van der Waals surface area (Å²) in [6.45, 7) is 4.24. The molecule has 2 N–H and O–H groups in total. The van der Waals surface area contributed by atoms with E-state index in [1.54, 1.807) is 10.8 Å². The van der Waals surface area contributed by atoms with Crippen molar-refractivity contribution in [2.24, 2.45) is 5.73 Å². The van der Waals surface area contributed by atoms with Gasteiger partial charge in [-0.2, -0.15) is 0 Å². The first-order chi connectivity index (χ1) is 5.22. The zero-order chi connectivity index (χ0) is 8.69. The lowest BCUT2D eigenvalue weighted by Gasteiger charge is -2.10. The van der Waals surface area contributed by atoms with Crippen LogP contribution < -0.4 is 5.73 Å². The molecule has 0 bridgehead atoms. The fraction of sp³-hybridized carbons (Fsp3) is 0.750. The minimum absolute atomic E-state index is 0.243. The van der Waals surface area contributed by atoms with Gasteiger partial charge in [-0.3, -0.25) is 0 Å². The maximum Gasteiger partial charge on any atom is 0.0351 e. The zero-order valence-corrected chi connectivity index (χ0v) is 9.10. The van der Waals surface area contributed by atoms with Crippen LogP contribution in [0.4, 0.5) is 0 Å². The molecule has 0 saturated carbocycles. The molecule has 0 amide bonds. The van der Waals surface area contributed by atoms with Crippen LogP contribution in [0.15, 0.2) is 11.6 Å². The Morgan fingerprint density at radius 2 is 2.27 bits per heavy atom. The molecule has 1 unspecified atom stereocenters. The molecule has 0 aromatic heterocycles. The summed E-state index contributed by atoms with van der Waals surface area (Å²) in [4.78, 5) is 0. The summed E-state index contributed by atoms with van der Waals surface area (Å²) in [6.07, 6.45) is 5.37. The van der Waals surface area contributed by atoms with Crippen molar-refractivity contribution in [1.82, 2.24) is 0 Å². The molecule has 66 valence electrons. The predicted octanol–water partition coefficient (Wildman–Crippen LogP) is 2.68. The maximum absolute atomic E-state index is 5.89. The second-order valence-electron chi connectivity index (χ2n) is 2.41. The first-order valence-electron chi connectivity index (χ1n) is 3.80. The van der Waals surface area contributed by atoms with Gasteiger partial charge in [0.2, 0.25) is 0 Å². The summed E-state index contributed by atoms with van der Waals surface area (Å²) in [5, 5.41) is 0. The highest BCUT2D eigenvalue weighted by molar-refractivity contribution is 8.76. The molecule has 0 aliphatic rings. The van der Waals surface area contributed by atoms with Crippen molar-refractivity contribution in [3.8, 4) is 0 Å². The topological polar surface area (TPSA) is 26.0 Å². The Kier molecular flexibility index (Phi) is 7.33. The van der Waals surface area contributed by atoms with E-state index in [9.17, 15) is 0 Å². The highest BCUT2D eigenvalue weighted by Gasteiger charge is 2.02. The highest BCUT2D eigenvalue weighted by Crippen LogP contribution is 2.19. The third kappa shape index (κ3) is 5.65. The Labute approximate surface area is 77.6 Å². The van der Waals surface area contributed by atoms with Gasteiger partial charge in [-0.25, -0.2) is 0 Å². The summed E-state index contributed by atoms with van der Waals surface area (Å²) in [6, 6.07) is 0.243. The molecule has 0 heterocycles. The van der Waals surface area contributed by atoms with E-state index >= 15 is 0 Å². The third-order valence-corrected chi connectivity index (χ3v) is 3.32. The minimum Gasteiger partial charge on any atom is -0.324 e. The van der Waals surface area contributed by atoms with Crippen molar-refractivity contribution < 1.29 is 0 Å². The van der Waals surface area contributed by atoms with Crippen LogP contribution in [-0.4, -0.2) is 18.1 Å². The highest BCUT2D eigenvalue weighted by atomic mass is 33.1. The van der Waals surface area contributed by atoms with Crippen LogP contribution in [0.2, 0.25) is 0 Å². The molecule has 0 aliphatic heterocycles. The number of allylic oxidation sites excluding steroid dienone is 1. The quantitative estimate of drug-likeness (QED) is 0.534. The third-order valence-electron chi connectivity index (χ3n) is 1.48. The van der Waals surface area contributed by atoms with E-state index in [1.165, 1.54) is 5.57 Å². The normalized spacial score (nSPS) is 15.1. The average Bonchev–Trinajstić information content (AvgIpc) is 2.00. The summed E-state index contributed by atoms with van der Waals surface area (Å²) >= 11 is 0. The zero-order valence-electron chi connectivity index (χ0n) is 7.46. The van der Waals surface area contributed by atoms with E-state index in [-0.39, 0.29) is 6.04 Å². The summed E-state index contributed by atoms with van der Waals surface area (Å²) in [5.41, 5.74) is 7.20. The van der Waals surface area contributed by atoms with Gasteiger partial charge in [0.15, 0.2) is 0 Å². The predicted molar refractivity (Wildman–Crippen MR) is 58.0 cm³/mol. The van der Waals surface area contributed by atoms with E-state index < -0.39 is 0 Å². The molecule has 0 fully saturated rings. The van der Waals surface area contributed by atoms with Crippen molar-refractivity contribution in [1.29, 1.82) is 0 Å². The van der Waals surface area contributed by atoms with Crippen LogP contribution in [0.3, 0.4) is 0 Å². The van der Waals surface area contributed by atoms with Crippen LogP contribution in [0.25, 0.3) is 0 Å². The average molecular weight is 191 g/mol. The molecular weight excluding hydrogens is 174 g/mol. The Morgan fingerprint density at radius 3 is 2.73 bits per heavy atom. The molecule has 1 atom stereocenters. The summed E-state index contributed by atoms with van der Waals surface area (Å²) in [7, 11) is 3.60. The van der Waals surface area contributed by atoms with Gasteiger partial charge >= 0.3 is 0 Å². The maximum atomic E-state index is 5.89. The molecule has 11 heavy (non-hydrogen) atoms. The van der Waals surface area contributed by atoms with Gasteiger partial charge < -0.3 is 5.73 Å². The van der Waals surface area contributed by atoms with Gasteiger partial charge in [-0.05, 0) is 19.6 Å². The van der Waals surface area contributed by atoms with Crippen LogP contribution in [-0.2, 0) is 0 Å². The van der Waals surface area contributed by atoms with Gasteiger partial charge in [0.1, 0.15) is 0 Å². The van der Waals surface area contributed by atoms with Gasteiger partial charge in [0, 0.05) is 11.8 Å². The van der Waals surface area contributed by atoms with Crippen LogP contribution in [0, 0.1) is 0 Å². The van der Waals surface area contributed by atoms with E-state index in [0.717, 1.165) is 12.2 Å². The number of hydrogen-bond donors (Lipinski definition) is 1. The molecule has 0 aliphatic carbocycles. The molecule has 0 rings (SSSR count). The van der Waals surface area contributed by atoms with Gasteiger partial charge in [0.05, 0.1) is 0 Å². The molecule has 1 nitrogen and oxygen atoms in total.